The molecule has 1 saturated heterocycles. The number of carboxylic acids is 1. The number of aromatic carboxylic acids is 1. The molecule has 1 aliphatic heterocycles. The second kappa shape index (κ2) is 12.8. The molecule has 39 heavy (non-hydrogen) atoms. The van der Waals surface area contributed by atoms with E-state index in [2.05, 4.69) is 4.90 Å². The maximum atomic E-state index is 15.9. The standard InChI is InChI=1S/C31H29Cl2F2NO2.ClH/c32-23-7-10-25(28(33)16-23)26-4-1-3-21-15-22(31(37)38)6-9-24(21)30(26)27-8-5-19(14-29(27)35)13-20-17-36(18-20)12-2-11-34;/h5-10,14-16,20H,1-4,11-13,17-18H2,(H,37,38);1H. The zero-order valence-electron chi connectivity index (χ0n) is 21.4. The Bertz CT molecular complexity index is 1400. The second-order valence-corrected chi connectivity index (χ2v) is 11.0. The van der Waals surface area contributed by atoms with Gasteiger partial charge in [0.1, 0.15) is 5.82 Å². The van der Waals surface area contributed by atoms with E-state index in [-0.39, 0.29) is 30.5 Å². The van der Waals surface area contributed by atoms with Crippen molar-refractivity contribution < 1.29 is 18.7 Å². The van der Waals surface area contributed by atoms with Gasteiger partial charge in [-0.1, -0.05) is 47.5 Å². The van der Waals surface area contributed by atoms with Crippen LogP contribution >= 0.6 is 35.6 Å². The molecule has 0 atom stereocenters. The quantitative estimate of drug-likeness (QED) is 0.286. The number of hydrogen-bond acceptors (Lipinski definition) is 2. The topological polar surface area (TPSA) is 40.5 Å². The van der Waals surface area contributed by atoms with Crippen molar-refractivity contribution in [2.75, 3.05) is 26.3 Å². The highest BCUT2D eigenvalue weighted by Gasteiger charge is 2.28. The molecule has 206 valence electrons. The molecule has 0 spiro atoms. The van der Waals surface area contributed by atoms with E-state index in [0.29, 0.717) is 40.8 Å². The maximum Gasteiger partial charge on any atom is 0.335 e. The molecule has 2 aliphatic rings. The van der Waals surface area contributed by atoms with E-state index in [1.165, 1.54) is 0 Å². The number of nitrogens with zero attached hydrogens (tertiary/aromatic N) is 1. The van der Waals surface area contributed by atoms with Gasteiger partial charge in [-0.3, -0.25) is 4.39 Å². The molecule has 0 bridgehead atoms. The van der Waals surface area contributed by atoms with Gasteiger partial charge in [-0.15, -0.1) is 12.4 Å². The minimum absolute atomic E-state index is 0. The molecule has 1 N–H and O–H groups in total. The monoisotopic (exact) mass is 591 g/mol. The van der Waals surface area contributed by atoms with E-state index in [1.807, 2.05) is 18.2 Å². The molecule has 3 aromatic rings. The molecule has 0 saturated carbocycles. The zero-order chi connectivity index (χ0) is 26.8. The number of allylic oxidation sites excluding steroid dienone is 1. The van der Waals surface area contributed by atoms with E-state index in [4.69, 9.17) is 23.2 Å². The largest absolute Gasteiger partial charge is 0.478 e. The molecular weight excluding hydrogens is 563 g/mol. The van der Waals surface area contributed by atoms with Crippen LogP contribution in [0.25, 0.3) is 11.1 Å². The van der Waals surface area contributed by atoms with Gasteiger partial charge in [0.2, 0.25) is 0 Å². The highest BCUT2D eigenvalue weighted by molar-refractivity contribution is 6.36. The lowest BCUT2D eigenvalue weighted by atomic mass is 9.85. The van der Waals surface area contributed by atoms with Crippen LogP contribution in [-0.2, 0) is 12.8 Å². The molecule has 0 aromatic heterocycles. The SMILES string of the molecule is Cl.O=C(O)c1ccc2c(c1)CCCC(c1ccc(Cl)cc1Cl)=C2c1ccc(CC2CN(CCCF)C2)cc1F. The summed E-state index contributed by atoms with van der Waals surface area (Å²) in [5.74, 6) is -0.863. The third kappa shape index (κ3) is 6.49. The normalized spacial score (nSPS) is 15.8. The number of aryl methyl sites for hydroxylation is 1. The number of rotatable bonds is 8. The summed E-state index contributed by atoms with van der Waals surface area (Å²) in [7, 11) is 0. The number of halogens is 5. The van der Waals surface area contributed by atoms with Crippen LogP contribution in [0, 0.1) is 11.7 Å². The van der Waals surface area contributed by atoms with Crippen LogP contribution in [0.5, 0.6) is 0 Å². The fourth-order valence-corrected chi connectivity index (χ4v) is 6.25. The van der Waals surface area contributed by atoms with Gasteiger partial charge in [0.25, 0.3) is 0 Å². The van der Waals surface area contributed by atoms with E-state index in [0.717, 1.165) is 65.9 Å². The molecular formula is C31H30Cl3F2NO2. The van der Waals surface area contributed by atoms with Crippen LogP contribution in [0.15, 0.2) is 54.6 Å². The lowest BCUT2D eigenvalue weighted by Crippen LogP contribution is -2.47. The van der Waals surface area contributed by atoms with Gasteiger partial charge in [0.15, 0.2) is 0 Å². The molecule has 3 aromatic carbocycles. The van der Waals surface area contributed by atoms with Gasteiger partial charge in [0.05, 0.1) is 12.2 Å². The molecule has 3 nitrogen and oxygen atoms in total. The van der Waals surface area contributed by atoms with Crippen LogP contribution in [0.1, 0.15) is 57.4 Å². The van der Waals surface area contributed by atoms with Crippen molar-refractivity contribution in [2.45, 2.75) is 32.1 Å². The Hall–Kier alpha value is -2.44. The van der Waals surface area contributed by atoms with Gasteiger partial charge in [-0.05, 0) is 102 Å². The molecule has 1 aliphatic carbocycles. The predicted molar refractivity (Wildman–Crippen MR) is 157 cm³/mol. The minimum Gasteiger partial charge on any atom is -0.478 e. The first-order valence-electron chi connectivity index (χ1n) is 13.0. The number of fused-ring (bicyclic) bond motifs is 1. The molecule has 0 amide bonds. The Kier molecular flexibility index (Phi) is 9.71. The summed E-state index contributed by atoms with van der Waals surface area (Å²) in [6.07, 6.45) is 3.44. The minimum atomic E-state index is -0.988. The van der Waals surface area contributed by atoms with Crippen LogP contribution in [-0.4, -0.2) is 42.3 Å². The summed E-state index contributed by atoms with van der Waals surface area (Å²) in [5.41, 5.74) is 5.78. The van der Waals surface area contributed by atoms with Crippen molar-refractivity contribution in [1.82, 2.24) is 4.90 Å². The smallest absolute Gasteiger partial charge is 0.335 e. The molecule has 8 heteroatoms. The van der Waals surface area contributed by atoms with Crippen molar-refractivity contribution in [1.29, 1.82) is 0 Å². The fraction of sp³-hybridized carbons (Fsp3) is 0.323. The van der Waals surface area contributed by atoms with Gasteiger partial charge in [-0.25, -0.2) is 9.18 Å². The summed E-state index contributed by atoms with van der Waals surface area (Å²) in [6, 6.07) is 15.8. The Morgan fingerprint density at radius 2 is 1.72 bits per heavy atom. The van der Waals surface area contributed by atoms with Gasteiger partial charge in [0, 0.05) is 35.2 Å². The van der Waals surface area contributed by atoms with Gasteiger partial charge in [-0.2, -0.15) is 0 Å². The number of hydrogen-bond donors (Lipinski definition) is 1. The third-order valence-electron chi connectivity index (χ3n) is 7.52. The average molecular weight is 593 g/mol. The number of carbonyl (C=O) groups is 1. The first-order chi connectivity index (χ1) is 18.3. The Morgan fingerprint density at radius 1 is 0.974 bits per heavy atom. The van der Waals surface area contributed by atoms with Crippen molar-refractivity contribution in [3.63, 3.8) is 0 Å². The van der Waals surface area contributed by atoms with E-state index < -0.39 is 5.97 Å². The second-order valence-electron chi connectivity index (χ2n) is 10.2. The molecule has 0 radical (unpaired) electrons. The van der Waals surface area contributed by atoms with E-state index in [9.17, 15) is 14.3 Å². The third-order valence-corrected chi connectivity index (χ3v) is 8.07. The van der Waals surface area contributed by atoms with Gasteiger partial charge < -0.3 is 10.0 Å². The zero-order valence-corrected chi connectivity index (χ0v) is 23.7. The van der Waals surface area contributed by atoms with Crippen LogP contribution in [0.3, 0.4) is 0 Å². The lowest BCUT2D eigenvalue weighted by Gasteiger charge is -2.39. The first-order valence-corrected chi connectivity index (χ1v) is 13.7. The Balaban J connectivity index is 0.00000353. The summed E-state index contributed by atoms with van der Waals surface area (Å²) in [4.78, 5) is 13.9. The van der Waals surface area contributed by atoms with Crippen molar-refractivity contribution in [3.8, 4) is 0 Å². The summed E-state index contributed by atoms with van der Waals surface area (Å²) in [6.45, 7) is 2.29. The lowest BCUT2D eigenvalue weighted by molar-refractivity contribution is 0.0696. The Labute approximate surface area is 243 Å². The number of benzene rings is 3. The van der Waals surface area contributed by atoms with Crippen LogP contribution in [0.4, 0.5) is 8.78 Å². The van der Waals surface area contributed by atoms with Crippen molar-refractivity contribution >= 4 is 52.7 Å². The van der Waals surface area contributed by atoms with Crippen LogP contribution in [0.2, 0.25) is 10.0 Å². The van der Waals surface area contributed by atoms with Gasteiger partial charge >= 0.3 is 5.97 Å². The fourth-order valence-electron chi connectivity index (χ4n) is 5.73. The van der Waals surface area contributed by atoms with E-state index >= 15 is 4.39 Å². The molecule has 0 unspecified atom stereocenters. The maximum absolute atomic E-state index is 15.9. The highest BCUT2D eigenvalue weighted by Crippen LogP contribution is 2.43. The molecule has 5 rings (SSSR count). The first kappa shape index (κ1) is 29.5. The highest BCUT2D eigenvalue weighted by atomic mass is 35.5. The molecule has 1 heterocycles. The Morgan fingerprint density at radius 3 is 2.41 bits per heavy atom. The number of alkyl halides is 1. The van der Waals surface area contributed by atoms with Crippen LogP contribution < -0.4 is 0 Å². The van der Waals surface area contributed by atoms with Crippen molar-refractivity contribution in [3.05, 3.63) is 104 Å². The average Bonchev–Trinajstić information content (AvgIpc) is 3.04. The molecule has 1 fully saturated rings. The van der Waals surface area contributed by atoms with E-state index in [1.54, 1.807) is 36.4 Å². The predicted octanol–water partition coefficient (Wildman–Crippen LogP) is 8.38. The number of likely N-dealkylation sites (tertiary alicyclic amines) is 1. The summed E-state index contributed by atoms with van der Waals surface area (Å²) < 4.78 is 28.3. The van der Waals surface area contributed by atoms with Crippen molar-refractivity contribution in [2.24, 2.45) is 5.92 Å². The summed E-state index contributed by atoms with van der Waals surface area (Å²) in [5, 5.41) is 10.6. The number of carboxylic acid groups (broad SMARTS) is 1. The summed E-state index contributed by atoms with van der Waals surface area (Å²) >= 11 is 12.8.